The Bertz CT molecular complexity index is 378. The van der Waals surface area contributed by atoms with Crippen molar-refractivity contribution in [3.63, 3.8) is 0 Å². The van der Waals surface area contributed by atoms with Crippen LogP contribution in [-0.2, 0) is 11.3 Å². The molecule has 0 saturated heterocycles. The standard InChI is InChI=1S/C12H13NO/c1-2-10-7-14-8-11-5-9(6-13)3-4-12(10)11/h3-5,10H,2,7-8H2,1H3/t10-/m0/s1. The van der Waals surface area contributed by atoms with Crippen LogP contribution in [0.1, 0.15) is 36.0 Å². The minimum atomic E-state index is 0.506. The lowest BCUT2D eigenvalue weighted by molar-refractivity contribution is 0.0900. The molecule has 0 saturated carbocycles. The van der Waals surface area contributed by atoms with Crippen molar-refractivity contribution in [3.05, 3.63) is 34.9 Å². The van der Waals surface area contributed by atoms with Crippen LogP contribution in [-0.4, -0.2) is 6.61 Å². The van der Waals surface area contributed by atoms with Gasteiger partial charge in [-0.1, -0.05) is 13.0 Å². The van der Waals surface area contributed by atoms with E-state index in [1.165, 1.54) is 11.1 Å². The lowest BCUT2D eigenvalue weighted by atomic mass is 9.90. The topological polar surface area (TPSA) is 33.0 Å². The molecule has 0 amide bonds. The molecule has 2 rings (SSSR count). The van der Waals surface area contributed by atoms with Crippen LogP contribution in [0.15, 0.2) is 18.2 Å². The summed E-state index contributed by atoms with van der Waals surface area (Å²) in [6, 6.07) is 8.07. The Morgan fingerprint density at radius 1 is 1.57 bits per heavy atom. The van der Waals surface area contributed by atoms with E-state index < -0.39 is 0 Å². The average Bonchev–Trinajstić information content (AvgIpc) is 2.27. The molecule has 72 valence electrons. The van der Waals surface area contributed by atoms with Gasteiger partial charge >= 0.3 is 0 Å². The Labute approximate surface area is 84.1 Å². The Hall–Kier alpha value is -1.33. The van der Waals surface area contributed by atoms with E-state index in [-0.39, 0.29) is 0 Å². The summed E-state index contributed by atoms with van der Waals surface area (Å²) in [7, 11) is 0. The molecule has 1 atom stereocenters. The van der Waals surface area contributed by atoms with Gasteiger partial charge in [-0.25, -0.2) is 0 Å². The van der Waals surface area contributed by atoms with Gasteiger partial charge in [-0.2, -0.15) is 5.26 Å². The number of nitriles is 1. The minimum Gasteiger partial charge on any atom is -0.376 e. The van der Waals surface area contributed by atoms with Gasteiger partial charge in [0, 0.05) is 5.92 Å². The quantitative estimate of drug-likeness (QED) is 0.677. The molecule has 1 aliphatic rings. The summed E-state index contributed by atoms with van der Waals surface area (Å²) < 4.78 is 5.49. The van der Waals surface area contributed by atoms with E-state index >= 15 is 0 Å². The van der Waals surface area contributed by atoms with E-state index in [2.05, 4.69) is 19.1 Å². The second-order valence-electron chi connectivity index (χ2n) is 3.65. The van der Waals surface area contributed by atoms with Crippen LogP contribution in [0, 0.1) is 11.3 Å². The number of rotatable bonds is 1. The maximum atomic E-state index is 8.77. The summed E-state index contributed by atoms with van der Waals surface area (Å²) in [5.41, 5.74) is 3.27. The van der Waals surface area contributed by atoms with Crippen LogP contribution >= 0.6 is 0 Å². The van der Waals surface area contributed by atoms with Crippen molar-refractivity contribution in [3.8, 4) is 6.07 Å². The first kappa shape index (κ1) is 9.23. The van der Waals surface area contributed by atoms with Crippen LogP contribution in [0.25, 0.3) is 0 Å². The molecule has 1 heterocycles. The highest BCUT2D eigenvalue weighted by Crippen LogP contribution is 2.29. The third-order valence-electron chi connectivity index (χ3n) is 2.78. The monoisotopic (exact) mass is 187 g/mol. The second-order valence-corrected chi connectivity index (χ2v) is 3.65. The van der Waals surface area contributed by atoms with Crippen molar-refractivity contribution in [2.75, 3.05) is 6.61 Å². The van der Waals surface area contributed by atoms with Crippen LogP contribution < -0.4 is 0 Å². The smallest absolute Gasteiger partial charge is 0.0991 e. The van der Waals surface area contributed by atoms with Crippen LogP contribution in [0.5, 0.6) is 0 Å². The zero-order valence-electron chi connectivity index (χ0n) is 8.29. The molecule has 0 aromatic heterocycles. The van der Waals surface area contributed by atoms with Gasteiger partial charge in [0.05, 0.1) is 24.8 Å². The average molecular weight is 187 g/mol. The van der Waals surface area contributed by atoms with E-state index in [1.807, 2.05) is 12.1 Å². The fourth-order valence-corrected chi connectivity index (χ4v) is 1.94. The number of fused-ring (bicyclic) bond motifs is 1. The Kier molecular flexibility index (Phi) is 2.51. The predicted molar refractivity (Wildman–Crippen MR) is 53.8 cm³/mol. The zero-order valence-corrected chi connectivity index (χ0v) is 8.29. The molecule has 1 aromatic carbocycles. The van der Waals surface area contributed by atoms with Crippen molar-refractivity contribution in [1.29, 1.82) is 5.26 Å². The third-order valence-corrected chi connectivity index (χ3v) is 2.78. The van der Waals surface area contributed by atoms with Gasteiger partial charge in [0.2, 0.25) is 0 Å². The van der Waals surface area contributed by atoms with Gasteiger partial charge in [-0.3, -0.25) is 0 Å². The van der Waals surface area contributed by atoms with Gasteiger partial charge in [-0.15, -0.1) is 0 Å². The molecule has 0 fully saturated rings. The van der Waals surface area contributed by atoms with Crippen molar-refractivity contribution in [1.82, 2.24) is 0 Å². The minimum absolute atomic E-state index is 0.506. The van der Waals surface area contributed by atoms with Gasteiger partial charge in [-0.05, 0) is 29.7 Å². The van der Waals surface area contributed by atoms with Gasteiger partial charge < -0.3 is 4.74 Å². The molecular formula is C12H13NO. The highest BCUT2D eigenvalue weighted by molar-refractivity contribution is 5.40. The van der Waals surface area contributed by atoms with Crippen LogP contribution in [0.3, 0.4) is 0 Å². The second kappa shape index (κ2) is 3.81. The van der Waals surface area contributed by atoms with Crippen LogP contribution in [0.4, 0.5) is 0 Å². The van der Waals surface area contributed by atoms with Gasteiger partial charge in [0.15, 0.2) is 0 Å². The van der Waals surface area contributed by atoms with E-state index in [9.17, 15) is 0 Å². The summed E-state index contributed by atoms with van der Waals surface area (Å²) >= 11 is 0. The molecule has 1 aromatic rings. The highest BCUT2D eigenvalue weighted by Gasteiger charge is 2.18. The molecule has 0 unspecified atom stereocenters. The van der Waals surface area contributed by atoms with Gasteiger partial charge in [0.25, 0.3) is 0 Å². The van der Waals surface area contributed by atoms with E-state index in [0.29, 0.717) is 12.5 Å². The number of hydrogen-bond donors (Lipinski definition) is 0. The van der Waals surface area contributed by atoms with Crippen molar-refractivity contribution in [2.45, 2.75) is 25.9 Å². The van der Waals surface area contributed by atoms with E-state index in [4.69, 9.17) is 10.00 Å². The summed E-state index contributed by atoms with van der Waals surface area (Å²) in [6.45, 7) is 3.64. The lowest BCUT2D eigenvalue weighted by Crippen LogP contribution is -2.16. The number of nitrogens with zero attached hydrogens (tertiary/aromatic N) is 1. The molecule has 0 aliphatic carbocycles. The highest BCUT2D eigenvalue weighted by atomic mass is 16.5. The van der Waals surface area contributed by atoms with Crippen molar-refractivity contribution < 1.29 is 4.74 Å². The molecule has 0 radical (unpaired) electrons. The molecule has 1 aliphatic heterocycles. The first-order valence-electron chi connectivity index (χ1n) is 4.95. The Balaban J connectivity index is 2.42. The molecule has 2 heteroatoms. The molecule has 2 nitrogen and oxygen atoms in total. The summed E-state index contributed by atoms with van der Waals surface area (Å²) in [6.07, 6.45) is 1.10. The maximum absolute atomic E-state index is 8.77. The normalized spacial score (nSPS) is 19.9. The summed E-state index contributed by atoms with van der Waals surface area (Å²) in [5, 5.41) is 8.77. The molecule has 0 N–H and O–H groups in total. The molecule has 0 bridgehead atoms. The Morgan fingerprint density at radius 2 is 2.43 bits per heavy atom. The molecule has 0 spiro atoms. The zero-order chi connectivity index (χ0) is 9.97. The fourth-order valence-electron chi connectivity index (χ4n) is 1.94. The first-order chi connectivity index (χ1) is 6.85. The van der Waals surface area contributed by atoms with E-state index in [0.717, 1.165) is 18.6 Å². The number of ether oxygens (including phenoxy) is 1. The van der Waals surface area contributed by atoms with Crippen LogP contribution in [0.2, 0.25) is 0 Å². The molecular weight excluding hydrogens is 174 g/mol. The molecule has 14 heavy (non-hydrogen) atoms. The lowest BCUT2D eigenvalue weighted by Gasteiger charge is -2.24. The largest absolute Gasteiger partial charge is 0.376 e. The first-order valence-corrected chi connectivity index (χ1v) is 4.95. The van der Waals surface area contributed by atoms with Gasteiger partial charge in [0.1, 0.15) is 0 Å². The van der Waals surface area contributed by atoms with E-state index in [1.54, 1.807) is 0 Å². The summed E-state index contributed by atoms with van der Waals surface area (Å²) in [5.74, 6) is 0.506. The number of benzene rings is 1. The van der Waals surface area contributed by atoms with Crippen molar-refractivity contribution in [2.24, 2.45) is 0 Å². The summed E-state index contributed by atoms with van der Waals surface area (Å²) in [4.78, 5) is 0. The predicted octanol–water partition coefficient (Wildman–Crippen LogP) is 2.58. The SMILES string of the molecule is CC[C@H]1COCc2cc(C#N)ccc21. The number of hydrogen-bond acceptors (Lipinski definition) is 2. The van der Waals surface area contributed by atoms with Crippen molar-refractivity contribution >= 4 is 0 Å². The fraction of sp³-hybridized carbons (Fsp3) is 0.417. The Morgan fingerprint density at radius 3 is 3.14 bits per heavy atom. The maximum Gasteiger partial charge on any atom is 0.0991 e. The third kappa shape index (κ3) is 1.51.